The maximum absolute atomic E-state index is 9.07. The van der Waals surface area contributed by atoms with Crippen LogP contribution in [0, 0.1) is 0 Å². The van der Waals surface area contributed by atoms with E-state index in [4.69, 9.17) is 14.3 Å². The molecule has 1 atom stereocenters. The Hall–Kier alpha value is -1.98. The van der Waals surface area contributed by atoms with Crippen molar-refractivity contribution in [3.8, 4) is 5.75 Å². The number of hydrogen-bond donors (Lipinski definition) is 2. The number of furan rings is 1. The number of aliphatic hydroxyl groups is 1. The van der Waals surface area contributed by atoms with Gasteiger partial charge in [-0.25, -0.2) is 0 Å². The monoisotopic (exact) mass is 316 g/mol. The van der Waals surface area contributed by atoms with Crippen molar-refractivity contribution >= 4 is 5.69 Å². The van der Waals surface area contributed by atoms with Crippen LogP contribution in [-0.2, 0) is 13.2 Å². The second-order valence-electron chi connectivity index (χ2n) is 5.97. The van der Waals surface area contributed by atoms with Gasteiger partial charge in [-0.15, -0.1) is 0 Å². The van der Waals surface area contributed by atoms with Crippen LogP contribution in [0.25, 0.3) is 0 Å². The Morgan fingerprint density at radius 1 is 1.22 bits per heavy atom. The molecule has 124 valence electrons. The Balaban J connectivity index is 1.54. The first-order valence-corrected chi connectivity index (χ1v) is 8.08. The van der Waals surface area contributed by atoms with Crippen molar-refractivity contribution in [2.45, 2.75) is 32.0 Å². The van der Waals surface area contributed by atoms with E-state index in [-0.39, 0.29) is 6.61 Å². The van der Waals surface area contributed by atoms with E-state index in [1.807, 2.05) is 24.3 Å². The molecule has 0 radical (unpaired) electrons. The van der Waals surface area contributed by atoms with Crippen LogP contribution < -0.4 is 10.1 Å². The van der Waals surface area contributed by atoms with Crippen molar-refractivity contribution in [1.82, 2.24) is 4.90 Å². The van der Waals surface area contributed by atoms with Gasteiger partial charge in [0.2, 0.25) is 0 Å². The van der Waals surface area contributed by atoms with E-state index in [1.54, 1.807) is 7.11 Å². The molecule has 23 heavy (non-hydrogen) atoms. The van der Waals surface area contributed by atoms with Crippen LogP contribution in [-0.4, -0.2) is 36.2 Å². The fourth-order valence-corrected chi connectivity index (χ4v) is 3.05. The van der Waals surface area contributed by atoms with Gasteiger partial charge in [0, 0.05) is 18.3 Å². The summed E-state index contributed by atoms with van der Waals surface area (Å²) in [6.07, 6.45) is 2.34. The van der Waals surface area contributed by atoms with Gasteiger partial charge in [0.25, 0.3) is 0 Å². The molecule has 2 heterocycles. The Bertz CT molecular complexity index is 609. The molecule has 1 saturated heterocycles. The minimum atomic E-state index is -0.0400. The maximum Gasteiger partial charge on any atom is 0.129 e. The summed E-state index contributed by atoms with van der Waals surface area (Å²) in [5, 5.41) is 12.7. The van der Waals surface area contributed by atoms with Gasteiger partial charge in [-0.3, -0.25) is 4.90 Å². The van der Waals surface area contributed by atoms with Gasteiger partial charge in [0.15, 0.2) is 0 Å². The van der Waals surface area contributed by atoms with Gasteiger partial charge in [0.1, 0.15) is 23.9 Å². The highest BCUT2D eigenvalue weighted by molar-refractivity contribution is 5.47. The number of nitrogens with zero attached hydrogens (tertiary/aromatic N) is 1. The molecule has 5 nitrogen and oxygen atoms in total. The third-order valence-electron chi connectivity index (χ3n) is 4.22. The standard InChI is InChI=1S/C18H24N2O3/c1-22-16-6-4-14(5-7-16)19-15-3-2-10-20(11-15)12-17-8-9-18(13-21)23-17/h4-9,15,19,21H,2-3,10-13H2,1H3/t15-/m0/s1. The molecule has 1 aromatic carbocycles. The number of methoxy groups -OCH3 is 1. The SMILES string of the molecule is COc1ccc(N[C@H]2CCCN(Cc3ccc(CO)o3)C2)cc1. The van der Waals surface area contributed by atoms with E-state index in [0.29, 0.717) is 11.8 Å². The highest BCUT2D eigenvalue weighted by Crippen LogP contribution is 2.20. The van der Waals surface area contributed by atoms with Crippen LogP contribution in [0.3, 0.4) is 0 Å². The number of aliphatic hydroxyl groups excluding tert-OH is 1. The summed E-state index contributed by atoms with van der Waals surface area (Å²) in [5.74, 6) is 2.42. The summed E-state index contributed by atoms with van der Waals surface area (Å²) in [6.45, 7) is 2.82. The highest BCUT2D eigenvalue weighted by Gasteiger charge is 2.20. The zero-order chi connectivity index (χ0) is 16.1. The Labute approximate surface area is 136 Å². The highest BCUT2D eigenvalue weighted by atomic mass is 16.5. The lowest BCUT2D eigenvalue weighted by atomic mass is 10.1. The Morgan fingerprint density at radius 2 is 2.00 bits per heavy atom. The minimum Gasteiger partial charge on any atom is -0.497 e. The van der Waals surface area contributed by atoms with Crippen molar-refractivity contribution < 1.29 is 14.3 Å². The zero-order valence-electron chi connectivity index (χ0n) is 13.5. The number of ether oxygens (including phenoxy) is 1. The molecular weight excluding hydrogens is 292 g/mol. The summed E-state index contributed by atoms with van der Waals surface area (Å²) in [5.41, 5.74) is 1.12. The normalized spacial score (nSPS) is 18.8. The summed E-state index contributed by atoms with van der Waals surface area (Å²) < 4.78 is 10.8. The van der Waals surface area contributed by atoms with Crippen molar-refractivity contribution in [1.29, 1.82) is 0 Å². The molecule has 0 aliphatic carbocycles. The fraction of sp³-hybridized carbons (Fsp3) is 0.444. The minimum absolute atomic E-state index is 0.0400. The molecule has 0 saturated carbocycles. The third kappa shape index (κ3) is 4.27. The molecule has 0 spiro atoms. The van der Waals surface area contributed by atoms with Crippen LogP contribution in [0.4, 0.5) is 5.69 Å². The van der Waals surface area contributed by atoms with Gasteiger partial charge in [0.05, 0.1) is 13.7 Å². The van der Waals surface area contributed by atoms with Crippen molar-refractivity contribution in [3.63, 3.8) is 0 Å². The van der Waals surface area contributed by atoms with Crippen LogP contribution in [0.5, 0.6) is 5.75 Å². The van der Waals surface area contributed by atoms with E-state index >= 15 is 0 Å². The maximum atomic E-state index is 9.07. The summed E-state index contributed by atoms with van der Waals surface area (Å²) in [7, 11) is 1.68. The molecule has 1 aromatic heterocycles. The second kappa shape index (κ2) is 7.53. The third-order valence-corrected chi connectivity index (χ3v) is 4.22. The molecule has 0 amide bonds. The number of benzene rings is 1. The van der Waals surface area contributed by atoms with Gasteiger partial charge in [-0.05, 0) is 55.8 Å². The largest absolute Gasteiger partial charge is 0.497 e. The molecule has 1 aliphatic rings. The Morgan fingerprint density at radius 3 is 2.70 bits per heavy atom. The smallest absolute Gasteiger partial charge is 0.129 e. The molecular formula is C18H24N2O3. The molecule has 0 unspecified atom stereocenters. The quantitative estimate of drug-likeness (QED) is 0.858. The van der Waals surface area contributed by atoms with Crippen molar-refractivity contribution in [2.24, 2.45) is 0 Å². The summed E-state index contributed by atoms with van der Waals surface area (Å²) >= 11 is 0. The topological polar surface area (TPSA) is 57.9 Å². The molecule has 2 N–H and O–H groups in total. The van der Waals surface area contributed by atoms with Gasteiger partial charge in [-0.2, -0.15) is 0 Å². The zero-order valence-corrected chi connectivity index (χ0v) is 13.5. The van der Waals surface area contributed by atoms with Crippen LogP contribution in [0.15, 0.2) is 40.8 Å². The van der Waals surface area contributed by atoms with Crippen LogP contribution in [0.2, 0.25) is 0 Å². The Kier molecular flexibility index (Phi) is 5.20. The summed E-state index contributed by atoms with van der Waals surface area (Å²) in [4.78, 5) is 2.39. The number of rotatable bonds is 6. The van der Waals surface area contributed by atoms with Crippen molar-refractivity contribution in [2.75, 3.05) is 25.5 Å². The lowest BCUT2D eigenvalue weighted by Gasteiger charge is -2.33. The average Bonchev–Trinajstić information content (AvgIpc) is 3.03. The number of piperidine rings is 1. The van der Waals surface area contributed by atoms with Gasteiger partial charge >= 0.3 is 0 Å². The molecule has 1 fully saturated rings. The number of anilines is 1. The predicted molar refractivity (Wildman–Crippen MR) is 89.5 cm³/mol. The number of likely N-dealkylation sites (tertiary alicyclic amines) is 1. The first-order chi connectivity index (χ1) is 11.3. The number of nitrogens with one attached hydrogen (secondary N) is 1. The molecule has 2 aromatic rings. The molecule has 3 rings (SSSR count). The number of hydrogen-bond acceptors (Lipinski definition) is 5. The molecule has 5 heteroatoms. The first-order valence-electron chi connectivity index (χ1n) is 8.08. The molecule has 1 aliphatic heterocycles. The van der Waals surface area contributed by atoms with Crippen LogP contribution >= 0.6 is 0 Å². The predicted octanol–water partition coefficient (Wildman–Crippen LogP) is 2.86. The molecule has 0 bridgehead atoms. The van der Waals surface area contributed by atoms with Crippen molar-refractivity contribution in [3.05, 3.63) is 47.9 Å². The van der Waals surface area contributed by atoms with E-state index in [1.165, 1.54) is 12.8 Å². The lowest BCUT2D eigenvalue weighted by molar-refractivity contribution is 0.186. The lowest BCUT2D eigenvalue weighted by Crippen LogP contribution is -2.41. The van der Waals surface area contributed by atoms with E-state index in [9.17, 15) is 0 Å². The average molecular weight is 316 g/mol. The van der Waals surface area contributed by atoms with E-state index < -0.39 is 0 Å². The summed E-state index contributed by atoms with van der Waals surface area (Å²) in [6, 6.07) is 12.3. The van der Waals surface area contributed by atoms with E-state index in [2.05, 4.69) is 22.3 Å². The van der Waals surface area contributed by atoms with Gasteiger partial charge in [-0.1, -0.05) is 0 Å². The fourth-order valence-electron chi connectivity index (χ4n) is 3.05. The first kappa shape index (κ1) is 15.9. The van der Waals surface area contributed by atoms with Crippen LogP contribution in [0.1, 0.15) is 24.4 Å². The van der Waals surface area contributed by atoms with E-state index in [0.717, 1.165) is 36.8 Å². The second-order valence-corrected chi connectivity index (χ2v) is 5.97. The van der Waals surface area contributed by atoms with Gasteiger partial charge < -0.3 is 19.6 Å².